The monoisotopic (exact) mass is 245 g/mol. The average Bonchev–Trinajstić information content (AvgIpc) is 2.30. The Labute approximate surface area is 97.5 Å². The van der Waals surface area contributed by atoms with E-state index >= 15 is 0 Å². The molecule has 0 bridgehead atoms. The second-order valence-corrected chi connectivity index (χ2v) is 3.29. The number of anilines is 1. The van der Waals surface area contributed by atoms with Gasteiger partial charge in [-0.3, -0.25) is 0 Å². The lowest BCUT2D eigenvalue weighted by atomic mass is 10.2. The number of hydrogen-bond donors (Lipinski definition) is 1. The first-order chi connectivity index (χ1) is 8.02. The molecule has 0 aromatic heterocycles. The fraction of sp³-hybridized carbons (Fsp3) is 0.364. The van der Waals surface area contributed by atoms with Gasteiger partial charge in [0.2, 0.25) is 0 Å². The molecule has 0 radical (unpaired) electrons. The van der Waals surface area contributed by atoms with Gasteiger partial charge >= 0.3 is 12.6 Å². The second-order valence-electron chi connectivity index (χ2n) is 3.29. The zero-order valence-electron chi connectivity index (χ0n) is 9.44. The van der Waals surface area contributed by atoms with Crippen molar-refractivity contribution < 1.29 is 23.0 Å². The standard InChI is InChI=1S/C11H13F2NO3/c1-7(10(15)16-2)14-8-3-5-9(6-4-8)17-11(12)13/h3-7,11,14H,1-2H3. The zero-order chi connectivity index (χ0) is 12.8. The van der Waals surface area contributed by atoms with Crippen molar-refractivity contribution in [3.8, 4) is 5.75 Å². The molecule has 0 fully saturated rings. The summed E-state index contributed by atoms with van der Waals surface area (Å²) in [4.78, 5) is 11.1. The van der Waals surface area contributed by atoms with Crippen molar-refractivity contribution in [3.05, 3.63) is 24.3 Å². The summed E-state index contributed by atoms with van der Waals surface area (Å²) >= 11 is 0. The molecule has 1 N–H and O–H groups in total. The van der Waals surface area contributed by atoms with E-state index in [4.69, 9.17) is 0 Å². The predicted octanol–water partition coefficient (Wildman–Crippen LogP) is 2.26. The van der Waals surface area contributed by atoms with Gasteiger partial charge in [0.15, 0.2) is 0 Å². The van der Waals surface area contributed by atoms with Gasteiger partial charge in [0.05, 0.1) is 7.11 Å². The maximum Gasteiger partial charge on any atom is 0.387 e. The third-order valence-corrected chi connectivity index (χ3v) is 2.02. The Morgan fingerprint density at radius 1 is 1.29 bits per heavy atom. The van der Waals surface area contributed by atoms with Crippen molar-refractivity contribution >= 4 is 11.7 Å². The second kappa shape index (κ2) is 6.03. The molecule has 1 atom stereocenters. The molecule has 0 spiro atoms. The Bertz CT molecular complexity index is 367. The maximum atomic E-state index is 11.9. The summed E-state index contributed by atoms with van der Waals surface area (Å²) in [6, 6.07) is 5.34. The molecular weight excluding hydrogens is 232 g/mol. The number of halogens is 2. The molecule has 0 saturated carbocycles. The van der Waals surface area contributed by atoms with Crippen LogP contribution in [0.2, 0.25) is 0 Å². The quantitative estimate of drug-likeness (QED) is 0.808. The molecule has 94 valence electrons. The molecule has 0 amide bonds. The van der Waals surface area contributed by atoms with Crippen LogP contribution in [0.3, 0.4) is 0 Å². The van der Waals surface area contributed by atoms with Crippen LogP contribution in [0.15, 0.2) is 24.3 Å². The predicted molar refractivity (Wildman–Crippen MR) is 58.2 cm³/mol. The fourth-order valence-electron chi connectivity index (χ4n) is 1.22. The zero-order valence-corrected chi connectivity index (χ0v) is 9.44. The molecule has 0 saturated heterocycles. The molecule has 17 heavy (non-hydrogen) atoms. The molecule has 0 aliphatic rings. The lowest BCUT2D eigenvalue weighted by Gasteiger charge is -2.13. The Morgan fingerprint density at radius 3 is 2.35 bits per heavy atom. The van der Waals surface area contributed by atoms with Crippen molar-refractivity contribution in [2.45, 2.75) is 19.6 Å². The van der Waals surface area contributed by atoms with E-state index < -0.39 is 18.6 Å². The highest BCUT2D eigenvalue weighted by atomic mass is 19.3. The Balaban J connectivity index is 2.59. The molecule has 0 heterocycles. The van der Waals surface area contributed by atoms with Crippen LogP contribution in [-0.4, -0.2) is 25.7 Å². The minimum atomic E-state index is -2.84. The summed E-state index contributed by atoms with van der Waals surface area (Å²) in [7, 11) is 1.29. The SMILES string of the molecule is COC(=O)C(C)Nc1ccc(OC(F)F)cc1. The van der Waals surface area contributed by atoms with E-state index in [1.54, 1.807) is 6.92 Å². The number of ether oxygens (including phenoxy) is 2. The third kappa shape index (κ3) is 4.26. The van der Waals surface area contributed by atoms with Gasteiger partial charge in [-0.1, -0.05) is 0 Å². The summed E-state index contributed by atoms with van der Waals surface area (Å²) in [5.41, 5.74) is 0.615. The smallest absolute Gasteiger partial charge is 0.387 e. The number of alkyl halides is 2. The van der Waals surface area contributed by atoms with E-state index in [0.717, 1.165) is 0 Å². The summed E-state index contributed by atoms with van der Waals surface area (Å²) in [6.45, 7) is -1.21. The molecular formula is C11H13F2NO3. The van der Waals surface area contributed by atoms with Crippen LogP contribution in [0, 0.1) is 0 Å². The normalized spacial score (nSPS) is 12.1. The van der Waals surface area contributed by atoms with Crippen molar-refractivity contribution in [2.75, 3.05) is 12.4 Å². The Morgan fingerprint density at radius 2 is 1.88 bits per heavy atom. The number of hydrogen-bond acceptors (Lipinski definition) is 4. The van der Waals surface area contributed by atoms with Gasteiger partial charge in [0.25, 0.3) is 0 Å². The van der Waals surface area contributed by atoms with Gasteiger partial charge < -0.3 is 14.8 Å². The molecule has 0 aliphatic carbocycles. The maximum absolute atomic E-state index is 11.9. The van der Waals surface area contributed by atoms with Crippen molar-refractivity contribution in [1.29, 1.82) is 0 Å². The number of carbonyl (C=O) groups excluding carboxylic acids is 1. The number of benzene rings is 1. The molecule has 0 aliphatic heterocycles. The van der Waals surface area contributed by atoms with E-state index in [1.165, 1.54) is 31.4 Å². The highest BCUT2D eigenvalue weighted by molar-refractivity contribution is 5.78. The molecule has 4 nitrogen and oxygen atoms in total. The largest absolute Gasteiger partial charge is 0.467 e. The molecule has 1 rings (SSSR count). The number of carbonyl (C=O) groups is 1. The van der Waals surface area contributed by atoms with E-state index in [0.29, 0.717) is 5.69 Å². The highest BCUT2D eigenvalue weighted by Crippen LogP contribution is 2.18. The van der Waals surface area contributed by atoms with E-state index in [9.17, 15) is 13.6 Å². The lowest BCUT2D eigenvalue weighted by molar-refractivity contribution is -0.141. The minimum absolute atomic E-state index is 0.0660. The summed E-state index contributed by atoms with van der Waals surface area (Å²) in [5, 5.41) is 2.86. The van der Waals surface area contributed by atoms with Crippen molar-refractivity contribution in [2.24, 2.45) is 0 Å². The first-order valence-electron chi connectivity index (χ1n) is 4.92. The van der Waals surface area contributed by atoms with Gasteiger partial charge in [-0.05, 0) is 31.2 Å². The van der Waals surface area contributed by atoms with Crippen molar-refractivity contribution in [1.82, 2.24) is 0 Å². The summed E-state index contributed by atoms with van der Waals surface area (Å²) < 4.78 is 32.5. The van der Waals surface area contributed by atoms with Crippen LogP contribution >= 0.6 is 0 Å². The van der Waals surface area contributed by atoms with Crippen LogP contribution in [0.1, 0.15) is 6.92 Å². The van der Waals surface area contributed by atoms with Crippen LogP contribution in [-0.2, 0) is 9.53 Å². The number of esters is 1. The third-order valence-electron chi connectivity index (χ3n) is 2.02. The van der Waals surface area contributed by atoms with E-state index in [2.05, 4.69) is 14.8 Å². The first kappa shape index (κ1) is 13.2. The van der Waals surface area contributed by atoms with Gasteiger partial charge in [0, 0.05) is 5.69 Å². The Hall–Kier alpha value is -1.85. The van der Waals surface area contributed by atoms with Crippen molar-refractivity contribution in [3.63, 3.8) is 0 Å². The molecule has 6 heteroatoms. The van der Waals surface area contributed by atoms with Crippen LogP contribution in [0.4, 0.5) is 14.5 Å². The van der Waals surface area contributed by atoms with Gasteiger partial charge in [-0.2, -0.15) is 8.78 Å². The fourth-order valence-corrected chi connectivity index (χ4v) is 1.22. The molecule has 1 aromatic carbocycles. The Kier molecular flexibility index (Phi) is 4.68. The highest BCUT2D eigenvalue weighted by Gasteiger charge is 2.12. The van der Waals surface area contributed by atoms with Crippen LogP contribution < -0.4 is 10.1 Å². The molecule has 1 unspecified atom stereocenters. The molecule has 1 aromatic rings. The van der Waals surface area contributed by atoms with Gasteiger partial charge in [-0.25, -0.2) is 4.79 Å². The number of methoxy groups -OCH3 is 1. The summed E-state index contributed by atoms with van der Waals surface area (Å²) in [6.07, 6.45) is 0. The van der Waals surface area contributed by atoms with Crippen LogP contribution in [0.25, 0.3) is 0 Å². The summed E-state index contributed by atoms with van der Waals surface area (Å²) in [5.74, 6) is -0.339. The average molecular weight is 245 g/mol. The number of nitrogens with one attached hydrogen (secondary N) is 1. The minimum Gasteiger partial charge on any atom is -0.467 e. The van der Waals surface area contributed by atoms with E-state index in [-0.39, 0.29) is 5.75 Å². The van der Waals surface area contributed by atoms with Crippen LogP contribution in [0.5, 0.6) is 5.75 Å². The van der Waals surface area contributed by atoms with E-state index in [1.807, 2.05) is 0 Å². The first-order valence-corrected chi connectivity index (χ1v) is 4.92. The topological polar surface area (TPSA) is 47.6 Å². The lowest BCUT2D eigenvalue weighted by Crippen LogP contribution is -2.27. The number of rotatable bonds is 5. The van der Waals surface area contributed by atoms with Gasteiger partial charge in [0.1, 0.15) is 11.8 Å². The van der Waals surface area contributed by atoms with Gasteiger partial charge in [-0.15, -0.1) is 0 Å².